The van der Waals surface area contributed by atoms with Gasteiger partial charge in [0.05, 0.1) is 0 Å². The number of aliphatic carboxylic acids is 1. The van der Waals surface area contributed by atoms with Gasteiger partial charge in [-0.1, -0.05) is 70.5 Å². The quantitative estimate of drug-likeness (QED) is 0.234. The van der Waals surface area contributed by atoms with Gasteiger partial charge < -0.3 is 19.9 Å². The summed E-state index contributed by atoms with van der Waals surface area (Å²) in [6, 6.07) is 30.5. The third kappa shape index (κ3) is 7.95. The summed E-state index contributed by atoms with van der Waals surface area (Å²) in [4.78, 5) is 24.4. The number of amides is 1. The highest BCUT2D eigenvalue weighted by Crippen LogP contribution is 2.19. The van der Waals surface area contributed by atoms with Crippen LogP contribution in [0.5, 0.6) is 11.5 Å². The van der Waals surface area contributed by atoms with Crippen LogP contribution in [-0.4, -0.2) is 23.0 Å². The average molecular weight is 560 g/mol. The molecule has 4 aromatic rings. The maximum Gasteiger partial charge on any atom is 0.326 e. The molecule has 0 aliphatic rings. The molecular formula is C30H26BrNO5. The van der Waals surface area contributed by atoms with Crippen LogP contribution in [0.3, 0.4) is 0 Å². The van der Waals surface area contributed by atoms with Crippen molar-refractivity contribution < 1.29 is 24.2 Å². The van der Waals surface area contributed by atoms with Crippen molar-refractivity contribution in [3.8, 4) is 11.5 Å². The van der Waals surface area contributed by atoms with Crippen molar-refractivity contribution in [3.05, 3.63) is 130 Å². The zero-order valence-corrected chi connectivity index (χ0v) is 21.6. The number of halogens is 1. The van der Waals surface area contributed by atoms with Gasteiger partial charge in [0.25, 0.3) is 5.91 Å². The molecule has 37 heavy (non-hydrogen) atoms. The molecule has 1 amide bonds. The highest BCUT2D eigenvalue weighted by atomic mass is 79.9. The Morgan fingerprint density at radius 1 is 0.730 bits per heavy atom. The number of ether oxygens (including phenoxy) is 2. The lowest BCUT2D eigenvalue weighted by Crippen LogP contribution is -2.42. The highest BCUT2D eigenvalue weighted by molar-refractivity contribution is 9.10. The van der Waals surface area contributed by atoms with Gasteiger partial charge in [-0.15, -0.1) is 0 Å². The highest BCUT2D eigenvalue weighted by Gasteiger charge is 2.21. The molecule has 0 aromatic heterocycles. The van der Waals surface area contributed by atoms with E-state index in [9.17, 15) is 14.7 Å². The second kappa shape index (κ2) is 12.7. The van der Waals surface area contributed by atoms with Crippen molar-refractivity contribution in [2.75, 3.05) is 0 Å². The number of carboxylic acids is 1. The Hall–Kier alpha value is -4.10. The molecule has 1 atom stereocenters. The Labute approximate surface area is 224 Å². The van der Waals surface area contributed by atoms with E-state index < -0.39 is 17.9 Å². The van der Waals surface area contributed by atoms with Crippen molar-refractivity contribution in [3.63, 3.8) is 0 Å². The van der Waals surface area contributed by atoms with Crippen LogP contribution in [0.25, 0.3) is 0 Å². The molecule has 0 fully saturated rings. The summed E-state index contributed by atoms with van der Waals surface area (Å²) < 4.78 is 12.6. The smallest absolute Gasteiger partial charge is 0.326 e. The molecular weight excluding hydrogens is 534 g/mol. The lowest BCUT2D eigenvalue weighted by Gasteiger charge is -2.15. The van der Waals surface area contributed by atoms with Crippen LogP contribution in [0.15, 0.2) is 108 Å². The second-order valence-corrected chi connectivity index (χ2v) is 9.35. The Kier molecular flexibility index (Phi) is 8.94. The van der Waals surface area contributed by atoms with Gasteiger partial charge in [-0.25, -0.2) is 4.79 Å². The molecule has 4 aromatic carbocycles. The normalized spacial score (nSPS) is 11.4. The van der Waals surface area contributed by atoms with Crippen molar-refractivity contribution in [2.24, 2.45) is 0 Å². The van der Waals surface area contributed by atoms with Gasteiger partial charge in [0.1, 0.15) is 30.8 Å². The number of hydrogen-bond donors (Lipinski definition) is 2. The summed E-state index contributed by atoms with van der Waals surface area (Å²) in [7, 11) is 0. The summed E-state index contributed by atoms with van der Waals surface area (Å²) in [5.41, 5.74) is 3.21. The number of rotatable bonds is 11. The maximum atomic E-state index is 12.7. The molecule has 0 aliphatic heterocycles. The van der Waals surface area contributed by atoms with Gasteiger partial charge in [-0.3, -0.25) is 4.79 Å². The molecule has 0 spiro atoms. The minimum Gasteiger partial charge on any atom is -0.489 e. The van der Waals surface area contributed by atoms with Crippen LogP contribution in [-0.2, 0) is 24.4 Å². The zero-order chi connectivity index (χ0) is 26.0. The minimum absolute atomic E-state index is 0.184. The molecule has 0 saturated carbocycles. The van der Waals surface area contributed by atoms with Gasteiger partial charge >= 0.3 is 5.97 Å². The Balaban J connectivity index is 1.30. The van der Waals surface area contributed by atoms with E-state index in [0.29, 0.717) is 24.5 Å². The standard InChI is InChI=1S/C30H26BrNO5/c31-25-13-9-21(10-14-25)18-28(30(34)35)32-29(33)24-11-15-26(16-12-24)36-20-23-7-4-8-27(17-23)37-19-22-5-2-1-3-6-22/h1-17,28H,18-20H2,(H,32,33)(H,34,35). The number of benzene rings is 4. The zero-order valence-electron chi connectivity index (χ0n) is 20.0. The summed E-state index contributed by atoms with van der Waals surface area (Å²) in [5, 5.41) is 12.2. The van der Waals surface area contributed by atoms with Crippen LogP contribution in [0, 0.1) is 0 Å². The average Bonchev–Trinajstić information content (AvgIpc) is 2.92. The Morgan fingerprint density at radius 3 is 2.08 bits per heavy atom. The van der Waals surface area contributed by atoms with Gasteiger partial charge in [-0.05, 0) is 65.2 Å². The molecule has 2 N–H and O–H groups in total. The first kappa shape index (κ1) is 26.0. The number of hydrogen-bond acceptors (Lipinski definition) is 4. The number of carbonyl (C=O) groups is 2. The van der Waals surface area contributed by atoms with Gasteiger partial charge in [0.2, 0.25) is 0 Å². The monoisotopic (exact) mass is 559 g/mol. The van der Waals surface area contributed by atoms with E-state index in [1.165, 1.54) is 0 Å². The molecule has 0 bridgehead atoms. The van der Waals surface area contributed by atoms with Gasteiger partial charge in [-0.2, -0.15) is 0 Å². The Morgan fingerprint density at radius 2 is 1.38 bits per heavy atom. The largest absolute Gasteiger partial charge is 0.489 e. The van der Waals surface area contributed by atoms with Crippen molar-refractivity contribution in [1.29, 1.82) is 0 Å². The summed E-state index contributed by atoms with van der Waals surface area (Å²) in [6.07, 6.45) is 0.184. The van der Waals surface area contributed by atoms with Crippen molar-refractivity contribution in [2.45, 2.75) is 25.7 Å². The first-order valence-electron chi connectivity index (χ1n) is 11.7. The fourth-order valence-corrected chi connectivity index (χ4v) is 3.90. The molecule has 0 heterocycles. The topological polar surface area (TPSA) is 84.9 Å². The van der Waals surface area contributed by atoms with Crippen LogP contribution in [0.4, 0.5) is 0 Å². The summed E-state index contributed by atoms with van der Waals surface area (Å²) >= 11 is 3.36. The third-order valence-electron chi connectivity index (χ3n) is 5.63. The number of carboxylic acid groups (broad SMARTS) is 1. The molecule has 188 valence electrons. The third-order valence-corrected chi connectivity index (χ3v) is 6.15. The lowest BCUT2D eigenvalue weighted by molar-refractivity contribution is -0.139. The van der Waals surface area contributed by atoms with Crippen LogP contribution < -0.4 is 14.8 Å². The van der Waals surface area contributed by atoms with E-state index in [1.807, 2.05) is 78.9 Å². The molecule has 7 heteroatoms. The Bertz CT molecular complexity index is 1320. The van der Waals surface area contributed by atoms with E-state index in [1.54, 1.807) is 24.3 Å². The van der Waals surface area contributed by atoms with Crippen molar-refractivity contribution in [1.82, 2.24) is 5.32 Å². The lowest BCUT2D eigenvalue weighted by atomic mass is 10.1. The number of nitrogens with one attached hydrogen (secondary N) is 1. The van der Waals surface area contributed by atoms with Gasteiger partial charge in [0.15, 0.2) is 0 Å². The fraction of sp³-hybridized carbons (Fsp3) is 0.133. The van der Waals surface area contributed by atoms with E-state index >= 15 is 0 Å². The minimum atomic E-state index is -1.09. The summed E-state index contributed by atoms with van der Waals surface area (Å²) in [6.45, 7) is 0.822. The number of carbonyl (C=O) groups excluding carboxylic acids is 1. The molecule has 0 aliphatic carbocycles. The SMILES string of the molecule is O=C(NC(Cc1ccc(Br)cc1)C(=O)O)c1ccc(OCc2cccc(OCc3ccccc3)c2)cc1. The van der Waals surface area contributed by atoms with Crippen LogP contribution >= 0.6 is 15.9 Å². The van der Waals surface area contributed by atoms with Crippen LogP contribution in [0.1, 0.15) is 27.0 Å². The molecule has 0 saturated heterocycles. The van der Waals surface area contributed by atoms with Crippen molar-refractivity contribution >= 4 is 27.8 Å². The first-order chi connectivity index (χ1) is 18.0. The molecule has 6 nitrogen and oxygen atoms in total. The fourth-order valence-electron chi connectivity index (χ4n) is 3.63. The van der Waals surface area contributed by atoms with Gasteiger partial charge in [0, 0.05) is 16.5 Å². The van der Waals surface area contributed by atoms with E-state index in [0.717, 1.165) is 26.9 Å². The molecule has 0 radical (unpaired) electrons. The van der Waals surface area contributed by atoms with E-state index in [2.05, 4.69) is 21.2 Å². The van der Waals surface area contributed by atoms with E-state index in [-0.39, 0.29) is 6.42 Å². The maximum absolute atomic E-state index is 12.7. The predicted octanol–water partition coefficient (Wildman–Crippen LogP) is 6.03. The molecule has 1 unspecified atom stereocenters. The predicted molar refractivity (Wildman–Crippen MR) is 145 cm³/mol. The van der Waals surface area contributed by atoms with E-state index in [4.69, 9.17) is 9.47 Å². The molecule has 4 rings (SSSR count). The summed E-state index contributed by atoms with van der Waals surface area (Å²) in [5.74, 6) is -0.199. The van der Waals surface area contributed by atoms with Crippen LogP contribution in [0.2, 0.25) is 0 Å². The second-order valence-electron chi connectivity index (χ2n) is 8.43. The first-order valence-corrected chi connectivity index (χ1v) is 12.5.